The Hall–Kier alpha value is -5.43. The molecule has 242 valence electrons. The zero-order valence-corrected chi connectivity index (χ0v) is 27.2. The molecule has 3 aromatic carbocycles. The highest BCUT2D eigenvalue weighted by atomic mass is 32.2. The van der Waals surface area contributed by atoms with Crippen LogP contribution in [0.4, 0.5) is 5.69 Å². The number of fused-ring (bicyclic) bond motifs is 1. The summed E-state index contributed by atoms with van der Waals surface area (Å²) in [6, 6.07) is 16.6. The molecule has 2 heterocycles. The van der Waals surface area contributed by atoms with E-state index >= 15 is 0 Å². The molecular formula is C34H32N3O9S+. The number of nitro groups is 1. The molecule has 0 fully saturated rings. The molecule has 0 N–H and O–H groups in total. The van der Waals surface area contributed by atoms with Crippen LogP contribution in [0.1, 0.15) is 45.8 Å². The molecular weight excluding hydrogens is 626 g/mol. The summed E-state index contributed by atoms with van der Waals surface area (Å²) in [6.45, 7) is 5.95. The second-order valence-corrected chi connectivity index (χ2v) is 11.1. The van der Waals surface area contributed by atoms with Crippen LogP contribution >= 0.6 is 11.8 Å². The molecule has 0 unspecified atom stereocenters. The van der Waals surface area contributed by atoms with Gasteiger partial charge in [-0.3, -0.25) is 10.1 Å². The zero-order valence-electron chi connectivity index (χ0n) is 26.4. The standard InChI is InChI=1S/C34H32N3O9S/c1-6-44-28-16-22(10-14-26(28)46-19-21-8-12-24(13-9-21)37(40)41)17-29-32(38)36-31(23-11-15-25(42-4)27(18-23)43-5)30(33(39)45-7-2)20(3)35-34(36)47-29/h8-18H,6-7,19H2,1-5H3/q+1/b29-17-. The summed E-state index contributed by atoms with van der Waals surface area (Å²) >= 11 is 1.18. The largest absolute Gasteiger partial charge is 0.493 e. The molecule has 12 nitrogen and oxygen atoms in total. The Morgan fingerprint density at radius 1 is 0.936 bits per heavy atom. The predicted molar refractivity (Wildman–Crippen MR) is 173 cm³/mol. The second-order valence-electron chi connectivity index (χ2n) is 10.1. The van der Waals surface area contributed by atoms with Crippen LogP contribution in [-0.2, 0) is 11.3 Å². The summed E-state index contributed by atoms with van der Waals surface area (Å²) in [5.74, 6) is 0.893. The minimum Gasteiger partial charge on any atom is -0.493 e. The summed E-state index contributed by atoms with van der Waals surface area (Å²) in [5.41, 5.74) is 2.88. The number of aromatic nitrogens is 2. The van der Waals surface area contributed by atoms with Gasteiger partial charge >= 0.3 is 17.0 Å². The SMILES string of the molecule is CCOC(=O)c1c(C)nc2[n+](c1-c1ccc(OC)c(OC)c1)C(=O)/C(=C/c1ccc(OCc3ccc([N+](=O)[O-])cc3)c(OCC)c1)S2. The molecule has 0 spiro atoms. The highest BCUT2D eigenvalue weighted by molar-refractivity contribution is 8.04. The van der Waals surface area contributed by atoms with Gasteiger partial charge in [0.2, 0.25) is 0 Å². The number of esters is 1. The van der Waals surface area contributed by atoms with Crippen molar-refractivity contribution in [1.82, 2.24) is 4.98 Å². The van der Waals surface area contributed by atoms with E-state index in [4.69, 9.17) is 23.7 Å². The van der Waals surface area contributed by atoms with Crippen LogP contribution in [0.15, 0.2) is 70.7 Å². The number of rotatable bonds is 12. The molecule has 13 heteroatoms. The van der Waals surface area contributed by atoms with Gasteiger partial charge in [-0.25, -0.2) is 9.59 Å². The topological polar surface area (TPSA) is 140 Å². The molecule has 0 atom stereocenters. The number of nitrogens with zero attached hydrogens (tertiary/aromatic N) is 3. The Kier molecular flexibility index (Phi) is 10.0. The van der Waals surface area contributed by atoms with E-state index in [-0.39, 0.29) is 30.4 Å². The third kappa shape index (κ3) is 6.89. The number of aryl methyl sites for hydroxylation is 1. The van der Waals surface area contributed by atoms with E-state index in [1.165, 1.54) is 42.7 Å². The van der Waals surface area contributed by atoms with Crippen LogP contribution in [0.25, 0.3) is 17.3 Å². The van der Waals surface area contributed by atoms with Gasteiger partial charge in [0, 0.05) is 36.4 Å². The molecule has 4 aromatic rings. The average molecular weight is 659 g/mol. The molecule has 0 saturated heterocycles. The van der Waals surface area contributed by atoms with Gasteiger partial charge in [-0.05, 0) is 78.5 Å². The summed E-state index contributed by atoms with van der Waals surface area (Å²) in [4.78, 5) is 42.8. The number of thioether (sulfide) groups is 1. The fourth-order valence-corrected chi connectivity index (χ4v) is 5.98. The van der Waals surface area contributed by atoms with Gasteiger partial charge in [0.05, 0.1) is 32.4 Å². The number of nitro benzene ring substituents is 1. The Labute approximate surface area is 275 Å². The van der Waals surface area contributed by atoms with E-state index in [0.717, 1.165) is 5.56 Å². The molecule has 1 aromatic heterocycles. The summed E-state index contributed by atoms with van der Waals surface area (Å²) in [6.07, 6.45) is 1.72. The van der Waals surface area contributed by atoms with Gasteiger partial charge < -0.3 is 23.7 Å². The first kappa shape index (κ1) is 32.9. The van der Waals surface area contributed by atoms with Crippen molar-refractivity contribution in [2.24, 2.45) is 0 Å². The van der Waals surface area contributed by atoms with Crippen LogP contribution in [0.2, 0.25) is 0 Å². The Morgan fingerprint density at radius 2 is 1.66 bits per heavy atom. The van der Waals surface area contributed by atoms with Crippen LogP contribution in [0, 0.1) is 17.0 Å². The minimum atomic E-state index is -0.599. The first-order valence-electron chi connectivity index (χ1n) is 14.6. The van der Waals surface area contributed by atoms with Crippen molar-refractivity contribution in [3.05, 3.63) is 98.1 Å². The van der Waals surface area contributed by atoms with Crippen molar-refractivity contribution < 1.29 is 42.8 Å². The number of hydrogen-bond donors (Lipinski definition) is 0. The van der Waals surface area contributed by atoms with E-state index in [2.05, 4.69) is 4.98 Å². The van der Waals surface area contributed by atoms with Gasteiger partial charge in [-0.15, -0.1) is 4.57 Å². The number of methoxy groups -OCH3 is 2. The lowest BCUT2D eigenvalue weighted by atomic mass is 10.0. The molecule has 0 bridgehead atoms. The maximum Gasteiger partial charge on any atom is 0.372 e. The van der Waals surface area contributed by atoms with E-state index in [9.17, 15) is 19.7 Å². The number of carbonyl (C=O) groups is 2. The number of non-ortho nitro benzene ring substituents is 1. The molecule has 47 heavy (non-hydrogen) atoms. The summed E-state index contributed by atoms with van der Waals surface area (Å²) in [7, 11) is 3.03. The number of allylic oxidation sites excluding steroid dienone is 1. The average Bonchev–Trinajstić information content (AvgIpc) is 3.37. The zero-order chi connectivity index (χ0) is 33.7. The highest BCUT2D eigenvalue weighted by Crippen LogP contribution is 2.39. The van der Waals surface area contributed by atoms with E-state index in [0.29, 0.717) is 62.2 Å². The maximum absolute atomic E-state index is 14.0. The molecule has 0 amide bonds. The van der Waals surface area contributed by atoms with Gasteiger partial charge in [-0.2, -0.15) is 0 Å². The molecule has 0 radical (unpaired) electrons. The van der Waals surface area contributed by atoms with Crippen molar-refractivity contribution in [2.45, 2.75) is 32.5 Å². The molecule has 1 aliphatic rings. The van der Waals surface area contributed by atoms with Crippen molar-refractivity contribution >= 4 is 35.4 Å². The fraction of sp³-hybridized carbons (Fsp3) is 0.235. The number of hydrogen-bond acceptors (Lipinski definition) is 11. The van der Waals surface area contributed by atoms with Crippen LogP contribution in [0.5, 0.6) is 23.0 Å². The smallest absolute Gasteiger partial charge is 0.372 e. The maximum atomic E-state index is 14.0. The predicted octanol–water partition coefficient (Wildman–Crippen LogP) is 6.21. The number of carbonyl (C=O) groups excluding carboxylic acids is 2. The second kappa shape index (κ2) is 14.3. The Morgan fingerprint density at radius 3 is 2.32 bits per heavy atom. The third-order valence-corrected chi connectivity index (χ3v) is 8.10. The molecule has 0 aliphatic carbocycles. The first-order chi connectivity index (χ1) is 22.7. The van der Waals surface area contributed by atoms with Gasteiger partial charge in [-0.1, -0.05) is 6.07 Å². The lowest BCUT2D eigenvalue weighted by Crippen LogP contribution is -2.45. The minimum absolute atomic E-state index is 0.000822. The molecule has 1 aliphatic heterocycles. The van der Waals surface area contributed by atoms with Crippen molar-refractivity contribution in [3.63, 3.8) is 0 Å². The highest BCUT2D eigenvalue weighted by Gasteiger charge is 2.42. The van der Waals surface area contributed by atoms with Crippen LogP contribution in [0.3, 0.4) is 0 Å². The Balaban J connectivity index is 1.51. The molecule has 5 rings (SSSR count). The van der Waals surface area contributed by atoms with Gasteiger partial charge in [0.25, 0.3) is 5.69 Å². The quantitative estimate of drug-likeness (QED) is 0.0428. The van der Waals surface area contributed by atoms with Crippen molar-refractivity contribution in [1.29, 1.82) is 0 Å². The first-order valence-corrected chi connectivity index (χ1v) is 15.4. The summed E-state index contributed by atoms with van der Waals surface area (Å²) < 4.78 is 29.5. The monoisotopic (exact) mass is 658 g/mol. The lowest BCUT2D eigenvalue weighted by Gasteiger charge is -2.13. The number of ether oxygens (including phenoxy) is 5. The lowest BCUT2D eigenvalue weighted by molar-refractivity contribution is -0.601. The van der Waals surface area contributed by atoms with Gasteiger partial charge in [0.1, 0.15) is 11.5 Å². The Bertz CT molecular complexity index is 1890. The molecule has 0 saturated carbocycles. The third-order valence-electron chi connectivity index (χ3n) is 7.14. The van der Waals surface area contributed by atoms with E-state index in [1.807, 2.05) is 6.92 Å². The van der Waals surface area contributed by atoms with Gasteiger partial charge in [0.15, 0.2) is 39.9 Å². The van der Waals surface area contributed by atoms with Crippen LogP contribution in [-0.4, -0.2) is 49.2 Å². The van der Waals surface area contributed by atoms with Crippen LogP contribution < -0.4 is 23.5 Å². The van der Waals surface area contributed by atoms with Crippen molar-refractivity contribution in [2.75, 3.05) is 27.4 Å². The van der Waals surface area contributed by atoms with Crippen molar-refractivity contribution in [3.8, 4) is 34.3 Å². The number of benzene rings is 3. The summed E-state index contributed by atoms with van der Waals surface area (Å²) in [5, 5.41) is 11.3. The fourth-order valence-electron chi connectivity index (χ4n) is 4.96. The normalized spacial score (nSPS) is 12.9. The van der Waals surface area contributed by atoms with E-state index in [1.54, 1.807) is 68.5 Å². The van der Waals surface area contributed by atoms with E-state index < -0.39 is 10.9 Å².